The normalized spacial score (nSPS) is 17.2. The van der Waals surface area contributed by atoms with Gasteiger partial charge in [-0.1, -0.05) is 42.3 Å². The van der Waals surface area contributed by atoms with Crippen LogP contribution >= 0.6 is 23.2 Å². The van der Waals surface area contributed by atoms with E-state index in [0.717, 1.165) is 17.0 Å². The van der Waals surface area contributed by atoms with Crippen LogP contribution in [0.2, 0.25) is 10.0 Å². The SMILES string of the molecule is CC1CC(=O)NN=C1c1ccc(NCC(C)(C)NCC(O)COc2cc(Cl)ccc2Cl)cc1. The second-order valence-electron chi connectivity index (χ2n) is 8.87. The molecule has 0 aliphatic carbocycles. The van der Waals surface area contributed by atoms with E-state index in [0.29, 0.717) is 35.3 Å². The number of ether oxygens (including phenoxy) is 1. The Morgan fingerprint density at radius 3 is 2.67 bits per heavy atom. The summed E-state index contributed by atoms with van der Waals surface area (Å²) in [5.74, 6) is 0.485. The van der Waals surface area contributed by atoms with Crippen molar-refractivity contribution >= 4 is 40.5 Å². The number of anilines is 1. The van der Waals surface area contributed by atoms with Crippen LogP contribution in [0.4, 0.5) is 5.69 Å². The molecule has 0 aromatic heterocycles. The Morgan fingerprint density at radius 1 is 1.24 bits per heavy atom. The summed E-state index contributed by atoms with van der Waals surface area (Å²) in [4.78, 5) is 11.4. The van der Waals surface area contributed by atoms with Crippen LogP contribution in [0.25, 0.3) is 0 Å². The molecule has 1 heterocycles. The van der Waals surface area contributed by atoms with Gasteiger partial charge in [0.25, 0.3) is 0 Å². The molecule has 0 spiro atoms. The smallest absolute Gasteiger partial charge is 0.240 e. The highest BCUT2D eigenvalue weighted by molar-refractivity contribution is 6.34. The predicted molar refractivity (Wildman–Crippen MR) is 133 cm³/mol. The Bertz CT molecular complexity index is 996. The highest BCUT2D eigenvalue weighted by atomic mass is 35.5. The number of nitrogens with zero attached hydrogens (tertiary/aromatic N) is 1. The van der Waals surface area contributed by atoms with Crippen LogP contribution in [0, 0.1) is 5.92 Å². The summed E-state index contributed by atoms with van der Waals surface area (Å²) in [7, 11) is 0. The first-order chi connectivity index (χ1) is 15.6. The maximum absolute atomic E-state index is 11.4. The lowest BCUT2D eigenvalue weighted by Gasteiger charge is -2.28. The quantitative estimate of drug-likeness (QED) is 0.400. The molecule has 1 amide bonds. The summed E-state index contributed by atoms with van der Waals surface area (Å²) in [6, 6.07) is 13.0. The van der Waals surface area contributed by atoms with Crippen LogP contribution in [-0.2, 0) is 4.79 Å². The van der Waals surface area contributed by atoms with E-state index in [1.54, 1.807) is 18.2 Å². The van der Waals surface area contributed by atoms with Crippen molar-refractivity contribution in [3.05, 3.63) is 58.1 Å². The second kappa shape index (κ2) is 11.2. The average Bonchev–Trinajstić information content (AvgIpc) is 2.77. The van der Waals surface area contributed by atoms with Gasteiger partial charge in [-0.2, -0.15) is 5.10 Å². The summed E-state index contributed by atoms with van der Waals surface area (Å²) >= 11 is 12.0. The zero-order valence-corrected chi connectivity index (χ0v) is 20.5. The Balaban J connectivity index is 1.44. The van der Waals surface area contributed by atoms with E-state index < -0.39 is 6.10 Å². The van der Waals surface area contributed by atoms with Crippen molar-refractivity contribution in [1.29, 1.82) is 0 Å². The minimum Gasteiger partial charge on any atom is -0.489 e. The summed E-state index contributed by atoms with van der Waals surface area (Å²) in [5.41, 5.74) is 5.13. The van der Waals surface area contributed by atoms with E-state index in [1.807, 2.05) is 31.2 Å². The molecule has 1 aliphatic heterocycles. The number of rotatable bonds is 10. The average molecular weight is 493 g/mol. The molecular weight excluding hydrogens is 463 g/mol. The van der Waals surface area contributed by atoms with E-state index in [9.17, 15) is 9.90 Å². The van der Waals surface area contributed by atoms with Crippen LogP contribution in [0.1, 0.15) is 32.8 Å². The summed E-state index contributed by atoms with van der Waals surface area (Å²) in [6.07, 6.45) is -0.265. The fourth-order valence-corrected chi connectivity index (χ4v) is 3.71. The third-order valence-electron chi connectivity index (χ3n) is 5.32. The molecule has 0 fully saturated rings. The van der Waals surface area contributed by atoms with Crippen molar-refractivity contribution < 1.29 is 14.6 Å². The molecular formula is C24H30Cl2N4O3. The molecule has 2 unspecified atom stereocenters. The monoisotopic (exact) mass is 492 g/mol. The topological polar surface area (TPSA) is 95.0 Å². The molecule has 0 radical (unpaired) electrons. The van der Waals surface area contributed by atoms with Gasteiger partial charge in [-0.05, 0) is 43.7 Å². The number of benzene rings is 2. The number of hydrogen-bond acceptors (Lipinski definition) is 6. The molecule has 4 N–H and O–H groups in total. The Morgan fingerprint density at radius 2 is 1.97 bits per heavy atom. The molecule has 33 heavy (non-hydrogen) atoms. The number of hydrazone groups is 1. The van der Waals surface area contributed by atoms with Crippen molar-refractivity contribution in [3.63, 3.8) is 0 Å². The molecule has 9 heteroatoms. The lowest BCUT2D eigenvalue weighted by atomic mass is 9.94. The Hall–Kier alpha value is -2.32. The van der Waals surface area contributed by atoms with Gasteiger partial charge in [0.05, 0.1) is 10.7 Å². The van der Waals surface area contributed by atoms with Crippen molar-refractivity contribution in [2.75, 3.05) is 25.0 Å². The van der Waals surface area contributed by atoms with Gasteiger partial charge in [-0.25, -0.2) is 5.43 Å². The molecule has 2 aromatic carbocycles. The molecule has 7 nitrogen and oxygen atoms in total. The molecule has 2 aromatic rings. The number of aliphatic hydroxyl groups is 1. The zero-order chi connectivity index (χ0) is 24.0. The lowest BCUT2D eigenvalue weighted by Crippen LogP contribution is -2.49. The van der Waals surface area contributed by atoms with Gasteiger partial charge in [-0.15, -0.1) is 0 Å². The molecule has 0 saturated carbocycles. The zero-order valence-electron chi connectivity index (χ0n) is 19.0. The van der Waals surface area contributed by atoms with Crippen LogP contribution in [-0.4, -0.2) is 48.1 Å². The number of β-amino-alcohol motifs (C(OH)–C–C–N with tert-alkyl or cyclic N) is 1. The maximum Gasteiger partial charge on any atom is 0.240 e. The predicted octanol–water partition coefficient (Wildman–Crippen LogP) is 4.07. The third-order valence-corrected chi connectivity index (χ3v) is 5.86. The fourth-order valence-electron chi connectivity index (χ4n) is 3.37. The van der Waals surface area contributed by atoms with Gasteiger partial charge in [0.1, 0.15) is 18.5 Å². The van der Waals surface area contributed by atoms with Crippen LogP contribution in [0.5, 0.6) is 5.75 Å². The molecule has 178 valence electrons. The van der Waals surface area contributed by atoms with E-state index >= 15 is 0 Å². The number of hydrogen-bond donors (Lipinski definition) is 4. The highest BCUT2D eigenvalue weighted by Gasteiger charge is 2.22. The molecule has 0 saturated heterocycles. The number of amides is 1. The first-order valence-electron chi connectivity index (χ1n) is 10.8. The molecule has 0 bridgehead atoms. The van der Waals surface area contributed by atoms with Gasteiger partial charge < -0.3 is 20.5 Å². The molecule has 1 aliphatic rings. The van der Waals surface area contributed by atoms with Gasteiger partial charge >= 0.3 is 0 Å². The fraction of sp³-hybridized carbons (Fsp3) is 0.417. The van der Waals surface area contributed by atoms with Crippen molar-refractivity contribution in [2.24, 2.45) is 11.0 Å². The van der Waals surface area contributed by atoms with E-state index in [-0.39, 0.29) is 24.0 Å². The van der Waals surface area contributed by atoms with Crippen LogP contribution < -0.4 is 20.8 Å². The second-order valence-corrected chi connectivity index (χ2v) is 9.72. The number of carbonyl (C=O) groups excluding carboxylic acids is 1. The highest BCUT2D eigenvalue weighted by Crippen LogP contribution is 2.27. The summed E-state index contributed by atoms with van der Waals surface area (Å²) in [5, 5.41) is 22.2. The van der Waals surface area contributed by atoms with Gasteiger partial charge in [0, 0.05) is 47.7 Å². The largest absolute Gasteiger partial charge is 0.489 e. The summed E-state index contributed by atoms with van der Waals surface area (Å²) in [6.45, 7) is 7.21. The molecule has 3 rings (SSSR count). The van der Waals surface area contributed by atoms with Gasteiger partial charge in [0.2, 0.25) is 5.91 Å². The van der Waals surface area contributed by atoms with Gasteiger partial charge in [0.15, 0.2) is 0 Å². The first kappa shape index (κ1) is 25.3. The van der Waals surface area contributed by atoms with Crippen molar-refractivity contribution in [2.45, 2.75) is 38.8 Å². The van der Waals surface area contributed by atoms with Crippen LogP contribution in [0.3, 0.4) is 0 Å². The number of aliphatic hydroxyl groups excluding tert-OH is 1. The molecule has 2 atom stereocenters. The van der Waals surface area contributed by atoms with E-state index in [4.69, 9.17) is 27.9 Å². The summed E-state index contributed by atoms with van der Waals surface area (Å²) < 4.78 is 5.59. The van der Waals surface area contributed by atoms with E-state index in [1.165, 1.54) is 0 Å². The minimum absolute atomic E-state index is 0.0517. The number of halogens is 2. The number of nitrogens with one attached hydrogen (secondary N) is 3. The Labute approximate surface area is 204 Å². The lowest BCUT2D eigenvalue weighted by molar-refractivity contribution is -0.121. The third kappa shape index (κ3) is 7.61. The van der Waals surface area contributed by atoms with Crippen molar-refractivity contribution in [3.8, 4) is 5.75 Å². The first-order valence-corrected chi connectivity index (χ1v) is 11.6. The van der Waals surface area contributed by atoms with E-state index in [2.05, 4.69) is 35.0 Å². The Kier molecular flexibility index (Phi) is 8.59. The maximum atomic E-state index is 11.4. The standard InChI is InChI=1S/C24H30Cl2N4O3/c1-15-10-22(32)29-30-23(15)16-4-7-18(8-5-16)27-14-24(2,3)28-12-19(31)13-33-21-11-17(25)6-9-20(21)26/h4-9,11,15,19,27-28,31H,10,12-14H2,1-3H3,(H,29,32). The minimum atomic E-state index is -0.711. The van der Waals surface area contributed by atoms with Crippen molar-refractivity contribution in [1.82, 2.24) is 10.7 Å². The number of carbonyl (C=O) groups is 1. The van der Waals surface area contributed by atoms with Crippen LogP contribution in [0.15, 0.2) is 47.6 Å². The van der Waals surface area contributed by atoms with Gasteiger partial charge in [-0.3, -0.25) is 4.79 Å².